The van der Waals surface area contributed by atoms with Gasteiger partial charge in [-0.1, -0.05) is 48.5 Å². The average Bonchev–Trinajstić information content (AvgIpc) is 2.78. The van der Waals surface area contributed by atoms with Crippen LogP contribution in [0.1, 0.15) is 29.5 Å². The second kappa shape index (κ2) is 12.0. The Balaban J connectivity index is 1.32. The zero-order valence-corrected chi connectivity index (χ0v) is 18.0. The first kappa shape index (κ1) is 22.7. The number of rotatable bonds is 10. The molecule has 2 N–H and O–H groups in total. The monoisotopic (exact) mass is 420 g/mol. The van der Waals surface area contributed by atoms with Crippen LogP contribution < -0.4 is 5.43 Å². The fraction of sp³-hybridized carbons (Fsp3) is 0.360. The quantitative estimate of drug-likeness (QED) is 0.352. The Morgan fingerprint density at radius 3 is 2.55 bits per heavy atom. The van der Waals surface area contributed by atoms with Crippen molar-refractivity contribution in [2.45, 2.75) is 25.8 Å². The molecule has 6 heteroatoms. The third kappa shape index (κ3) is 7.35. The van der Waals surface area contributed by atoms with Crippen LogP contribution in [0.4, 0.5) is 0 Å². The number of allylic oxidation sites excluding steroid dienone is 1. The summed E-state index contributed by atoms with van der Waals surface area (Å²) in [5, 5.41) is 14.2. The topological polar surface area (TPSA) is 68.2 Å². The van der Waals surface area contributed by atoms with Gasteiger partial charge < -0.3 is 10.0 Å². The van der Waals surface area contributed by atoms with Gasteiger partial charge in [0, 0.05) is 44.7 Å². The number of aromatic hydroxyl groups is 1. The molecule has 1 heterocycles. The van der Waals surface area contributed by atoms with Crippen molar-refractivity contribution in [3.8, 4) is 5.75 Å². The van der Waals surface area contributed by atoms with Crippen molar-refractivity contribution in [3.63, 3.8) is 0 Å². The van der Waals surface area contributed by atoms with Crippen molar-refractivity contribution in [2.24, 2.45) is 5.10 Å². The third-order valence-corrected chi connectivity index (χ3v) is 5.50. The Bertz CT molecular complexity index is 874. The van der Waals surface area contributed by atoms with E-state index in [2.05, 4.69) is 57.2 Å². The van der Waals surface area contributed by atoms with Crippen molar-refractivity contribution in [1.82, 2.24) is 15.2 Å². The summed E-state index contributed by atoms with van der Waals surface area (Å²) in [5.74, 6) is 0.0625. The van der Waals surface area contributed by atoms with Gasteiger partial charge in [-0.2, -0.15) is 5.10 Å². The number of para-hydroxylation sites is 1. The van der Waals surface area contributed by atoms with Gasteiger partial charge >= 0.3 is 0 Å². The van der Waals surface area contributed by atoms with E-state index in [1.54, 1.807) is 12.1 Å². The maximum absolute atomic E-state index is 12.1. The summed E-state index contributed by atoms with van der Waals surface area (Å²) >= 11 is 0. The van der Waals surface area contributed by atoms with Crippen LogP contribution in [0.3, 0.4) is 0 Å². The smallest absolute Gasteiger partial charge is 0.240 e. The zero-order chi connectivity index (χ0) is 21.9. The van der Waals surface area contributed by atoms with E-state index in [9.17, 15) is 9.90 Å². The second-order valence-corrected chi connectivity index (χ2v) is 7.85. The highest BCUT2D eigenvalue weighted by atomic mass is 16.3. The number of amides is 1. The van der Waals surface area contributed by atoms with E-state index in [0.29, 0.717) is 18.4 Å². The Labute approximate surface area is 184 Å². The molecule has 0 aromatic heterocycles. The number of carbonyl (C=O) groups excluding carboxylic acids is 1. The molecule has 0 aliphatic carbocycles. The third-order valence-electron chi connectivity index (χ3n) is 5.50. The standard InChI is InChI=1S/C25H32N4O2/c1-2-8-22-11-6-12-23(25(22)31)19-26-27-24(30)13-7-14-28-15-17-29(18-16-28)20-21-9-4-3-5-10-21/h2-6,9-12,19,31H,1,7-8,13-18,20H2,(H,27,30)/b26-19+. The molecule has 3 rings (SSSR count). The van der Waals surface area contributed by atoms with Crippen molar-refractivity contribution in [1.29, 1.82) is 0 Å². The molecule has 0 bridgehead atoms. The molecule has 2 aromatic rings. The fourth-order valence-corrected chi connectivity index (χ4v) is 3.74. The van der Waals surface area contributed by atoms with E-state index in [-0.39, 0.29) is 11.7 Å². The van der Waals surface area contributed by atoms with Crippen LogP contribution in [0.5, 0.6) is 5.75 Å². The van der Waals surface area contributed by atoms with Gasteiger partial charge in [-0.05, 0) is 36.6 Å². The van der Waals surface area contributed by atoms with Crippen LogP contribution in [0.15, 0.2) is 66.3 Å². The lowest BCUT2D eigenvalue weighted by Crippen LogP contribution is -2.46. The molecule has 6 nitrogen and oxygen atoms in total. The van der Waals surface area contributed by atoms with Crippen molar-refractivity contribution >= 4 is 12.1 Å². The molecule has 0 atom stereocenters. The van der Waals surface area contributed by atoms with Crippen LogP contribution in [0.25, 0.3) is 0 Å². The number of piperazine rings is 1. The molecular formula is C25H32N4O2. The number of hydrazone groups is 1. The molecular weight excluding hydrogens is 388 g/mol. The van der Waals surface area contributed by atoms with Crippen molar-refractivity contribution in [3.05, 3.63) is 77.9 Å². The maximum atomic E-state index is 12.1. The summed E-state index contributed by atoms with van der Waals surface area (Å²) in [4.78, 5) is 17.0. The van der Waals surface area contributed by atoms with E-state index in [1.165, 1.54) is 11.8 Å². The van der Waals surface area contributed by atoms with Crippen LogP contribution in [-0.4, -0.2) is 59.8 Å². The van der Waals surface area contributed by atoms with Gasteiger partial charge in [0.05, 0.1) is 6.21 Å². The molecule has 164 valence electrons. The maximum Gasteiger partial charge on any atom is 0.240 e. The minimum atomic E-state index is -0.110. The van der Waals surface area contributed by atoms with Crippen molar-refractivity contribution in [2.75, 3.05) is 32.7 Å². The zero-order valence-electron chi connectivity index (χ0n) is 18.0. The van der Waals surface area contributed by atoms with Gasteiger partial charge in [0.2, 0.25) is 5.91 Å². The first-order valence-electron chi connectivity index (χ1n) is 10.9. The van der Waals surface area contributed by atoms with Crippen LogP contribution >= 0.6 is 0 Å². The van der Waals surface area contributed by atoms with Crippen LogP contribution in [-0.2, 0) is 17.8 Å². The summed E-state index contributed by atoms with van der Waals surface area (Å²) in [6.07, 6.45) is 5.04. The largest absolute Gasteiger partial charge is 0.507 e. The summed E-state index contributed by atoms with van der Waals surface area (Å²) in [5.41, 5.74) is 5.27. The lowest BCUT2D eigenvalue weighted by molar-refractivity contribution is -0.121. The SMILES string of the molecule is C=CCc1cccc(/C=N/NC(=O)CCCN2CCN(Cc3ccccc3)CC2)c1O. The first-order valence-corrected chi connectivity index (χ1v) is 10.9. The molecule has 1 aliphatic rings. The molecule has 0 saturated carbocycles. The molecule has 0 unspecified atom stereocenters. The lowest BCUT2D eigenvalue weighted by atomic mass is 10.1. The van der Waals surface area contributed by atoms with E-state index in [1.807, 2.05) is 12.1 Å². The predicted octanol–water partition coefficient (Wildman–Crippen LogP) is 3.17. The highest BCUT2D eigenvalue weighted by Crippen LogP contribution is 2.21. The predicted molar refractivity (Wildman–Crippen MR) is 125 cm³/mol. The van der Waals surface area contributed by atoms with Gasteiger partial charge in [-0.3, -0.25) is 9.69 Å². The molecule has 1 aliphatic heterocycles. The van der Waals surface area contributed by atoms with Gasteiger partial charge in [0.1, 0.15) is 5.75 Å². The molecule has 2 aromatic carbocycles. The number of phenolic OH excluding ortho intramolecular Hbond substituents is 1. The van der Waals surface area contributed by atoms with Gasteiger partial charge in [-0.25, -0.2) is 5.43 Å². The fourth-order valence-electron chi connectivity index (χ4n) is 3.74. The number of phenols is 1. The Kier molecular flexibility index (Phi) is 8.82. The van der Waals surface area contributed by atoms with Gasteiger partial charge in [-0.15, -0.1) is 6.58 Å². The molecule has 0 radical (unpaired) electrons. The highest BCUT2D eigenvalue weighted by molar-refractivity contribution is 5.85. The number of hydrogen-bond donors (Lipinski definition) is 2. The normalized spacial score (nSPS) is 15.2. The van der Waals surface area contributed by atoms with E-state index >= 15 is 0 Å². The second-order valence-electron chi connectivity index (χ2n) is 7.85. The Morgan fingerprint density at radius 1 is 1.06 bits per heavy atom. The minimum Gasteiger partial charge on any atom is -0.507 e. The average molecular weight is 421 g/mol. The Hall–Kier alpha value is -2.96. The van der Waals surface area contributed by atoms with Crippen molar-refractivity contribution < 1.29 is 9.90 Å². The number of nitrogens with zero attached hydrogens (tertiary/aromatic N) is 3. The number of hydrogen-bond acceptors (Lipinski definition) is 5. The molecule has 1 saturated heterocycles. The van der Waals surface area contributed by atoms with Gasteiger partial charge in [0.25, 0.3) is 0 Å². The first-order chi connectivity index (χ1) is 15.2. The molecule has 1 fully saturated rings. The van der Waals surface area contributed by atoms with E-state index in [0.717, 1.165) is 51.3 Å². The number of benzene rings is 2. The minimum absolute atomic E-state index is 0.110. The molecule has 31 heavy (non-hydrogen) atoms. The van der Waals surface area contributed by atoms with Gasteiger partial charge in [0.15, 0.2) is 0 Å². The lowest BCUT2D eigenvalue weighted by Gasteiger charge is -2.34. The Morgan fingerprint density at radius 2 is 1.81 bits per heavy atom. The van der Waals surface area contributed by atoms with E-state index < -0.39 is 0 Å². The summed E-state index contributed by atoms with van der Waals surface area (Å²) in [6.45, 7) is 9.79. The van der Waals surface area contributed by atoms with E-state index in [4.69, 9.17) is 0 Å². The summed E-state index contributed by atoms with van der Waals surface area (Å²) in [6, 6.07) is 16.0. The number of nitrogens with one attached hydrogen (secondary N) is 1. The molecule has 0 spiro atoms. The summed E-state index contributed by atoms with van der Waals surface area (Å²) in [7, 11) is 0. The van der Waals surface area contributed by atoms with Crippen LogP contribution in [0.2, 0.25) is 0 Å². The van der Waals surface area contributed by atoms with Crippen LogP contribution in [0, 0.1) is 0 Å². The number of carbonyl (C=O) groups is 1. The summed E-state index contributed by atoms with van der Waals surface area (Å²) < 4.78 is 0. The molecule has 1 amide bonds. The highest BCUT2D eigenvalue weighted by Gasteiger charge is 2.16.